The van der Waals surface area contributed by atoms with Crippen LogP contribution in [0, 0.1) is 16.7 Å². The standard InChI is InChI=1S/C44H54BN3O2/c1-27-20-39(46-26-27)40-47-37-15-10-28(21-38(37)48-40)29-11-12-30(33-23-43(22-32(29)33)16-6-7-17-43)31-13-14-36(45-49-41(2,3)42(4,5)50-45)35-25-44(24-34(31)35)18-8-9-19-44/h10-15,21,27,39,46H,6-9,16-20,22-26H2,1-5H3,(H,47,48). The fourth-order valence-electron chi connectivity index (χ4n) is 11.2. The van der Waals surface area contributed by atoms with Gasteiger partial charge in [0.1, 0.15) is 5.82 Å². The Bertz CT molecular complexity index is 2000. The summed E-state index contributed by atoms with van der Waals surface area (Å²) in [5, 5.41) is 3.67. The van der Waals surface area contributed by atoms with E-state index in [-0.39, 0.29) is 18.3 Å². The molecule has 3 aromatic carbocycles. The predicted octanol–water partition coefficient (Wildman–Crippen LogP) is 9.18. The van der Waals surface area contributed by atoms with Crippen LogP contribution in [0.1, 0.15) is 127 Å². The van der Waals surface area contributed by atoms with Crippen LogP contribution in [-0.4, -0.2) is 34.8 Å². The van der Waals surface area contributed by atoms with Gasteiger partial charge >= 0.3 is 7.12 Å². The summed E-state index contributed by atoms with van der Waals surface area (Å²) in [5.74, 6) is 1.78. The maximum atomic E-state index is 6.71. The number of hydrogen-bond acceptors (Lipinski definition) is 4. The van der Waals surface area contributed by atoms with E-state index in [0.717, 1.165) is 29.8 Å². The van der Waals surface area contributed by atoms with E-state index in [1.165, 1.54) is 110 Å². The van der Waals surface area contributed by atoms with Crippen molar-refractivity contribution < 1.29 is 9.31 Å². The van der Waals surface area contributed by atoms with Crippen molar-refractivity contribution in [1.29, 1.82) is 0 Å². The topological polar surface area (TPSA) is 59.2 Å². The highest BCUT2D eigenvalue weighted by molar-refractivity contribution is 6.62. The second kappa shape index (κ2) is 11.0. The maximum absolute atomic E-state index is 6.71. The Hall–Kier alpha value is -2.93. The van der Waals surface area contributed by atoms with Gasteiger partial charge in [-0.2, -0.15) is 0 Å². The normalized spacial score (nSPS) is 26.9. The summed E-state index contributed by atoms with van der Waals surface area (Å²) in [4.78, 5) is 8.75. The molecule has 4 aromatic rings. The molecular weight excluding hydrogens is 613 g/mol. The minimum atomic E-state index is -0.341. The van der Waals surface area contributed by atoms with E-state index in [1.54, 1.807) is 16.7 Å². The van der Waals surface area contributed by atoms with E-state index in [4.69, 9.17) is 14.3 Å². The molecule has 3 heterocycles. The highest BCUT2D eigenvalue weighted by atomic mass is 16.7. The smallest absolute Gasteiger partial charge is 0.399 e. The molecule has 2 N–H and O–H groups in total. The van der Waals surface area contributed by atoms with Gasteiger partial charge in [-0.15, -0.1) is 0 Å². The lowest BCUT2D eigenvalue weighted by Crippen LogP contribution is -2.41. The molecule has 2 unspecified atom stereocenters. The number of rotatable bonds is 4. The molecule has 260 valence electrons. The third-order valence-corrected chi connectivity index (χ3v) is 14.7. The summed E-state index contributed by atoms with van der Waals surface area (Å²) in [7, 11) is -0.306. The van der Waals surface area contributed by atoms with Crippen molar-refractivity contribution in [3.63, 3.8) is 0 Å². The van der Waals surface area contributed by atoms with E-state index in [2.05, 4.69) is 87.4 Å². The largest absolute Gasteiger partial charge is 0.495 e. The molecule has 2 spiro atoms. The zero-order chi connectivity index (χ0) is 34.0. The molecule has 2 saturated heterocycles. The summed E-state index contributed by atoms with van der Waals surface area (Å²) >= 11 is 0. The molecular formula is C44H54BN3O2. The van der Waals surface area contributed by atoms with Crippen molar-refractivity contribution in [2.45, 2.75) is 135 Å². The molecule has 6 aliphatic rings. The first-order valence-electron chi connectivity index (χ1n) is 19.9. The minimum Gasteiger partial charge on any atom is -0.399 e. The Morgan fingerprint density at radius 2 is 1.26 bits per heavy atom. The number of imidazole rings is 1. The fourth-order valence-corrected chi connectivity index (χ4v) is 11.2. The van der Waals surface area contributed by atoms with Gasteiger partial charge in [-0.1, -0.05) is 62.9 Å². The first kappa shape index (κ1) is 31.8. The van der Waals surface area contributed by atoms with Crippen molar-refractivity contribution in [1.82, 2.24) is 15.3 Å². The molecule has 4 aliphatic carbocycles. The number of aromatic nitrogens is 2. The van der Waals surface area contributed by atoms with Crippen LogP contribution in [0.4, 0.5) is 0 Å². The molecule has 0 radical (unpaired) electrons. The Balaban J connectivity index is 1.08. The van der Waals surface area contributed by atoms with Gasteiger partial charge in [0.2, 0.25) is 0 Å². The van der Waals surface area contributed by atoms with Gasteiger partial charge in [0, 0.05) is 0 Å². The van der Waals surface area contributed by atoms with Crippen molar-refractivity contribution in [2.24, 2.45) is 16.7 Å². The number of nitrogens with one attached hydrogen (secondary N) is 2. The number of hydrogen-bond donors (Lipinski definition) is 2. The molecule has 1 aromatic heterocycles. The monoisotopic (exact) mass is 667 g/mol. The Kier molecular flexibility index (Phi) is 7.02. The number of aromatic amines is 1. The first-order valence-corrected chi connectivity index (χ1v) is 19.9. The van der Waals surface area contributed by atoms with E-state index < -0.39 is 0 Å². The van der Waals surface area contributed by atoms with Crippen LogP contribution in [0.2, 0.25) is 0 Å². The Morgan fingerprint density at radius 1 is 0.700 bits per heavy atom. The van der Waals surface area contributed by atoms with Gasteiger partial charge in [-0.05, 0) is 171 Å². The van der Waals surface area contributed by atoms with Crippen LogP contribution >= 0.6 is 0 Å². The van der Waals surface area contributed by atoms with Gasteiger partial charge in [0.25, 0.3) is 0 Å². The van der Waals surface area contributed by atoms with E-state index >= 15 is 0 Å². The molecule has 0 bridgehead atoms. The van der Waals surface area contributed by atoms with Crippen LogP contribution in [-0.2, 0) is 35.0 Å². The van der Waals surface area contributed by atoms with Gasteiger partial charge < -0.3 is 19.6 Å². The third kappa shape index (κ3) is 4.87. The van der Waals surface area contributed by atoms with Crippen molar-refractivity contribution >= 4 is 23.6 Å². The van der Waals surface area contributed by atoms with E-state index in [1.807, 2.05) is 0 Å². The van der Waals surface area contributed by atoms with Gasteiger partial charge in [-0.25, -0.2) is 4.98 Å². The molecule has 10 rings (SSSR count). The summed E-state index contributed by atoms with van der Waals surface area (Å²) < 4.78 is 13.4. The summed E-state index contributed by atoms with van der Waals surface area (Å²) in [6.45, 7) is 12.1. The number of benzene rings is 3. The zero-order valence-corrected chi connectivity index (χ0v) is 30.9. The van der Waals surface area contributed by atoms with Crippen LogP contribution < -0.4 is 10.8 Å². The summed E-state index contributed by atoms with van der Waals surface area (Å²) in [5.41, 5.74) is 15.7. The Labute approximate surface area is 298 Å². The summed E-state index contributed by atoms with van der Waals surface area (Å²) in [6, 6.07) is 17.1. The highest BCUT2D eigenvalue weighted by Gasteiger charge is 2.54. The molecule has 0 amide bonds. The fraction of sp³-hybridized carbons (Fsp3) is 0.568. The van der Waals surface area contributed by atoms with Crippen LogP contribution in [0.3, 0.4) is 0 Å². The first-order chi connectivity index (χ1) is 24.0. The van der Waals surface area contributed by atoms with Crippen molar-refractivity contribution in [3.8, 4) is 22.3 Å². The second-order valence-electron chi connectivity index (χ2n) is 18.6. The van der Waals surface area contributed by atoms with Gasteiger partial charge in [0.15, 0.2) is 0 Å². The van der Waals surface area contributed by atoms with Gasteiger partial charge in [-0.3, -0.25) is 0 Å². The summed E-state index contributed by atoms with van der Waals surface area (Å²) in [6.07, 6.45) is 16.8. The molecule has 50 heavy (non-hydrogen) atoms. The average Bonchev–Trinajstić information content (AvgIpc) is 3.94. The number of nitrogens with zero attached hydrogens (tertiary/aromatic N) is 1. The average molecular weight is 668 g/mol. The molecule has 4 fully saturated rings. The number of H-pyrrole nitrogens is 1. The van der Waals surface area contributed by atoms with Crippen molar-refractivity contribution in [2.75, 3.05) is 6.54 Å². The Morgan fingerprint density at radius 3 is 1.88 bits per heavy atom. The SMILES string of the molecule is CC1CNC(c2nc3ccc(-c4ccc(-c5ccc(B6OC(C)(C)C(C)(C)O6)c6c5CC5(CCCC5)C6)c5c4CC4(CCCC4)C5)cc3[nH]2)C1. The molecule has 5 nitrogen and oxygen atoms in total. The lowest BCUT2D eigenvalue weighted by Gasteiger charge is -2.32. The van der Waals surface area contributed by atoms with Crippen LogP contribution in [0.15, 0.2) is 42.5 Å². The lowest BCUT2D eigenvalue weighted by atomic mass is 9.73. The predicted molar refractivity (Wildman–Crippen MR) is 204 cm³/mol. The molecule has 2 saturated carbocycles. The van der Waals surface area contributed by atoms with E-state index in [0.29, 0.717) is 22.8 Å². The number of fused-ring (bicyclic) bond motifs is 3. The van der Waals surface area contributed by atoms with Crippen LogP contribution in [0.25, 0.3) is 33.3 Å². The zero-order valence-electron chi connectivity index (χ0n) is 30.9. The maximum Gasteiger partial charge on any atom is 0.495 e. The third-order valence-electron chi connectivity index (χ3n) is 14.7. The minimum absolute atomic E-state index is 0.306. The molecule has 6 heteroatoms. The van der Waals surface area contributed by atoms with Gasteiger partial charge in [0.05, 0.1) is 28.3 Å². The van der Waals surface area contributed by atoms with E-state index in [9.17, 15) is 0 Å². The highest BCUT2D eigenvalue weighted by Crippen LogP contribution is 2.55. The van der Waals surface area contributed by atoms with Crippen molar-refractivity contribution in [3.05, 3.63) is 70.5 Å². The van der Waals surface area contributed by atoms with Crippen LogP contribution in [0.5, 0.6) is 0 Å². The quantitative estimate of drug-likeness (QED) is 0.213. The lowest BCUT2D eigenvalue weighted by molar-refractivity contribution is 0.00578. The molecule has 2 atom stereocenters. The second-order valence-corrected chi connectivity index (χ2v) is 18.6. The molecule has 2 aliphatic heterocycles.